The lowest BCUT2D eigenvalue weighted by Gasteiger charge is -2.23. The monoisotopic (exact) mass is 1490 g/mol. The molecule has 0 radical (unpaired) electrons. The molecular formula is C112H148. The Hall–Kier alpha value is -8.84. The van der Waals surface area contributed by atoms with E-state index in [-0.39, 0.29) is 10.8 Å². The molecule has 0 saturated carbocycles. The number of benzene rings is 12. The predicted octanol–water partition coefficient (Wildman–Crippen LogP) is 33.1. The van der Waals surface area contributed by atoms with Crippen LogP contribution in [0.4, 0.5) is 0 Å². The molecule has 0 bridgehead atoms. The van der Waals surface area contributed by atoms with Crippen LogP contribution in [0.5, 0.6) is 0 Å². The molecule has 0 saturated heterocycles. The molecule has 112 heavy (non-hydrogen) atoms. The van der Waals surface area contributed by atoms with Crippen LogP contribution in [0.2, 0.25) is 0 Å². The van der Waals surface area contributed by atoms with Gasteiger partial charge in [-0.2, -0.15) is 0 Å². The van der Waals surface area contributed by atoms with Crippen LogP contribution in [-0.4, -0.2) is 0 Å². The van der Waals surface area contributed by atoms with Gasteiger partial charge in [0.05, 0.1) is 0 Å². The second kappa shape index (κ2) is 51.0. The Morgan fingerprint density at radius 2 is 0.357 bits per heavy atom. The molecule has 0 aliphatic heterocycles. The minimum atomic E-state index is 0.260. The summed E-state index contributed by atoms with van der Waals surface area (Å²) in [5.74, 6) is 1.29. The molecule has 0 unspecified atom stereocenters. The van der Waals surface area contributed by atoms with E-state index in [2.05, 4.69) is 419 Å². The molecule has 0 spiro atoms. The molecule has 0 nitrogen and oxygen atoms in total. The van der Waals surface area contributed by atoms with E-state index in [4.69, 9.17) is 0 Å². The second-order valence-electron chi connectivity index (χ2n) is 33.1. The van der Waals surface area contributed by atoms with Crippen molar-refractivity contribution in [2.75, 3.05) is 0 Å². The maximum atomic E-state index is 2.33. The van der Waals surface area contributed by atoms with Crippen LogP contribution >= 0.6 is 0 Å². The average Bonchev–Trinajstić information content (AvgIpc) is 0.834. The number of fused-ring (bicyclic) bond motifs is 2. The minimum absolute atomic E-state index is 0.260. The average molecular weight is 1490 g/mol. The summed E-state index contributed by atoms with van der Waals surface area (Å²) in [7, 11) is 0. The van der Waals surface area contributed by atoms with E-state index in [1.807, 2.05) is 0 Å². The van der Waals surface area contributed by atoms with Gasteiger partial charge in [0, 0.05) is 0 Å². The molecule has 0 aromatic heterocycles. The first-order valence-corrected chi connectivity index (χ1v) is 43.6. The van der Waals surface area contributed by atoms with Crippen molar-refractivity contribution in [3.8, 4) is 22.3 Å². The highest BCUT2D eigenvalue weighted by molar-refractivity contribution is 5.84. The van der Waals surface area contributed by atoms with Crippen molar-refractivity contribution in [2.45, 2.75) is 291 Å². The maximum Gasteiger partial charge on any atom is -0.0132 e. The van der Waals surface area contributed by atoms with Crippen molar-refractivity contribution >= 4 is 21.5 Å². The van der Waals surface area contributed by atoms with Gasteiger partial charge in [0.2, 0.25) is 0 Å². The van der Waals surface area contributed by atoms with Gasteiger partial charge in [0.1, 0.15) is 0 Å². The smallest absolute Gasteiger partial charge is 0.0132 e. The minimum Gasteiger partial charge on any atom is -0.0651 e. The van der Waals surface area contributed by atoms with Crippen molar-refractivity contribution in [1.29, 1.82) is 0 Å². The topological polar surface area (TPSA) is 0 Å². The second-order valence-corrected chi connectivity index (χ2v) is 33.1. The van der Waals surface area contributed by atoms with Crippen LogP contribution < -0.4 is 0 Å². The molecule has 596 valence electrons. The molecule has 12 aromatic carbocycles. The Morgan fingerprint density at radius 1 is 0.188 bits per heavy atom. The fourth-order valence-corrected chi connectivity index (χ4v) is 13.4. The van der Waals surface area contributed by atoms with Crippen LogP contribution in [0.25, 0.3) is 43.8 Å². The first-order chi connectivity index (χ1) is 53.9. The highest BCUT2D eigenvalue weighted by atomic mass is 14.2. The number of hydrogen-bond acceptors (Lipinski definition) is 0. The third-order valence-electron chi connectivity index (χ3n) is 21.0. The summed E-state index contributed by atoms with van der Waals surface area (Å²) >= 11 is 0. The fraction of sp³-hybridized carbons (Fsp3) is 0.393. The quantitative estimate of drug-likeness (QED) is 0.0634. The van der Waals surface area contributed by atoms with Gasteiger partial charge in [-0.3, -0.25) is 0 Å². The molecule has 0 heteroatoms. The first kappa shape index (κ1) is 93.8. The normalized spacial score (nSPS) is 10.9. The van der Waals surface area contributed by atoms with E-state index in [9.17, 15) is 0 Å². The molecule has 12 aromatic rings. The van der Waals surface area contributed by atoms with Gasteiger partial charge in [-0.1, -0.05) is 458 Å². The van der Waals surface area contributed by atoms with Crippen LogP contribution in [0, 0.1) is 0 Å². The lowest BCUT2D eigenvalue weighted by Crippen LogP contribution is -2.14. The lowest BCUT2D eigenvalue weighted by atomic mass is 9.82. The van der Waals surface area contributed by atoms with Gasteiger partial charge in [-0.05, 0) is 233 Å². The Labute approximate surface area is 685 Å². The van der Waals surface area contributed by atoms with E-state index >= 15 is 0 Å². The van der Waals surface area contributed by atoms with Gasteiger partial charge < -0.3 is 0 Å². The summed E-state index contributed by atoms with van der Waals surface area (Å²) in [5.41, 5.74) is 28.7. The van der Waals surface area contributed by atoms with Crippen LogP contribution in [0.1, 0.15) is 292 Å². The molecule has 0 aliphatic rings. The van der Waals surface area contributed by atoms with E-state index in [1.54, 1.807) is 0 Å². The molecule has 0 amide bonds. The van der Waals surface area contributed by atoms with Crippen LogP contribution in [0.15, 0.2) is 267 Å². The van der Waals surface area contributed by atoms with Crippen LogP contribution in [0.3, 0.4) is 0 Å². The lowest BCUT2D eigenvalue weighted by molar-refractivity contribution is 0.577. The molecule has 12 rings (SSSR count). The van der Waals surface area contributed by atoms with E-state index in [0.717, 1.165) is 38.5 Å². The van der Waals surface area contributed by atoms with Gasteiger partial charge in [-0.15, -0.1) is 0 Å². The predicted molar refractivity (Wildman–Crippen MR) is 503 cm³/mol. The zero-order chi connectivity index (χ0) is 81.9. The van der Waals surface area contributed by atoms with Gasteiger partial charge in [-0.25, -0.2) is 0 Å². The van der Waals surface area contributed by atoms with Crippen LogP contribution in [-0.2, 0) is 87.9 Å². The van der Waals surface area contributed by atoms with E-state index in [1.165, 1.54) is 210 Å². The zero-order valence-electron chi connectivity index (χ0n) is 74.3. The fourth-order valence-electron chi connectivity index (χ4n) is 13.4. The number of aryl methyl sites for hydroxylation is 12. The van der Waals surface area contributed by atoms with Crippen molar-refractivity contribution in [3.05, 3.63) is 356 Å². The van der Waals surface area contributed by atoms with Gasteiger partial charge in [0.15, 0.2) is 0 Å². The van der Waals surface area contributed by atoms with Gasteiger partial charge in [0.25, 0.3) is 0 Å². The Kier molecular flexibility index (Phi) is 42.7. The number of rotatable bonds is 22. The molecular weight excluding hydrogens is 1350 g/mol. The third kappa shape index (κ3) is 33.8. The van der Waals surface area contributed by atoms with Crippen molar-refractivity contribution in [2.24, 2.45) is 0 Å². The van der Waals surface area contributed by atoms with Crippen molar-refractivity contribution in [1.82, 2.24) is 0 Å². The SMILES string of the molecule is CC(C)(C)c1ccc(C(C)(C)C)cc1.CC(C)c1ccc(C(C)C)cc1.CCCc1ccc(-c2ccc(CCC)cc2)cc1.CCCc1ccc(CCC)cc1.CCCc1ccc2cc(CCC)ccc2c1.CCc1ccc(-c2ccc(CC)cc2)cc1.CCc1ccc(CC)cc1.CCc1ccc2cc(CC)ccc2c1. The Bertz CT molecular complexity index is 4160. The van der Waals surface area contributed by atoms with Gasteiger partial charge >= 0.3 is 0 Å². The summed E-state index contributed by atoms with van der Waals surface area (Å²) in [6, 6.07) is 98.6. The highest BCUT2D eigenvalue weighted by Gasteiger charge is 2.17. The molecule has 0 fully saturated rings. The highest BCUT2D eigenvalue weighted by Crippen LogP contribution is 2.29. The number of hydrogen-bond donors (Lipinski definition) is 0. The molecule has 0 atom stereocenters. The van der Waals surface area contributed by atoms with E-state index < -0.39 is 0 Å². The van der Waals surface area contributed by atoms with Crippen molar-refractivity contribution < 1.29 is 0 Å². The largest absolute Gasteiger partial charge is 0.0651 e. The maximum absolute atomic E-state index is 2.33. The summed E-state index contributed by atoms with van der Waals surface area (Å²) in [6.45, 7) is 48.9. The summed E-state index contributed by atoms with van der Waals surface area (Å²) in [6.07, 6.45) is 21.2. The summed E-state index contributed by atoms with van der Waals surface area (Å²) in [5, 5.41) is 5.49. The summed E-state index contributed by atoms with van der Waals surface area (Å²) < 4.78 is 0. The third-order valence-corrected chi connectivity index (χ3v) is 21.0. The zero-order valence-corrected chi connectivity index (χ0v) is 74.3. The summed E-state index contributed by atoms with van der Waals surface area (Å²) in [4.78, 5) is 0. The Morgan fingerprint density at radius 3 is 0.554 bits per heavy atom. The van der Waals surface area contributed by atoms with E-state index in [0.29, 0.717) is 11.8 Å². The molecule has 0 N–H and O–H groups in total. The van der Waals surface area contributed by atoms with Crippen molar-refractivity contribution in [3.63, 3.8) is 0 Å². The standard InChI is InChI=1S/C18H22.C16H18.C16H20.C14H16.C14H22.2C12H18.C10H14/c1-3-5-15-7-11-17(12-8-15)18-13-9-16(6-4-2)10-14-18;1-3-13-5-9-15(10-6-13)16-11-7-14(4-2)8-12-16;1-3-5-13-7-9-16-12-14(6-4-2)8-10-15(16)11-13;1-3-11-5-7-14-10-12(4-2)6-8-13(14)9-11;1-13(2,3)11-7-9-12(10-8-11)14(4,5)6;1-9(2)11-5-7-12(8-6-11)10(3)4;1-3-5-11-7-9-12(6-4-2)10-8-11;1-3-9-5-7-10(4-2)8-6-9/h7-14H,3-6H2,1-2H3;5-12H,3-4H2,1-2H3;7-12H,3-6H2,1-2H3;5-10H,3-4H2,1-2H3;7-10H,1-6H3;5-10H,1-4H3;7-10H,3-6H2,1-2H3;5-8H,3-4H2,1-2H3. The Balaban J connectivity index is 0.000000230. The molecule has 0 heterocycles. The molecule has 0 aliphatic carbocycles. The first-order valence-electron chi connectivity index (χ1n) is 43.6.